The van der Waals surface area contributed by atoms with Gasteiger partial charge in [-0.3, -0.25) is 13.9 Å². The van der Waals surface area contributed by atoms with Gasteiger partial charge >= 0.3 is 0 Å². The molecule has 0 radical (unpaired) electrons. The van der Waals surface area contributed by atoms with Crippen LogP contribution in [0.25, 0.3) is 0 Å². The number of hydrogen-bond acceptors (Lipinski definition) is 5. The molecule has 2 aromatic carbocycles. The van der Waals surface area contributed by atoms with Gasteiger partial charge in [0, 0.05) is 31.1 Å². The number of nitrogens with zero attached hydrogens (tertiary/aromatic N) is 2. The maximum atomic E-state index is 13.2. The second-order valence-electron chi connectivity index (χ2n) is 7.97. The van der Waals surface area contributed by atoms with E-state index in [0.717, 1.165) is 16.1 Å². The highest BCUT2D eigenvalue weighted by atomic mass is 35.5. The Balaban J connectivity index is 2.19. The van der Waals surface area contributed by atoms with Crippen molar-refractivity contribution in [2.75, 3.05) is 30.8 Å². The van der Waals surface area contributed by atoms with Gasteiger partial charge < -0.3 is 15.0 Å². The fourth-order valence-electron chi connectivity index (χ4n) is 3.49. The lowest BCUT2D eigenvalue weighted by Gasteiger charge is -2.29. The third kappa shape index (κ3) is 8.30. The highest BCUT2D eigenvalue weighted by Gasteiger charge is 2.27. The molecule has 0 spiro atoms. The predicted octanol–water partition coefficient (Wildman–Crippen LogP) is 4.10. The average molecular weight is 545 g/mol. The summed E-state index contributed by atoms with van der Waals surface area (Å²) in [6, 6.07) is 11.1. The van der Waals surface area contributed by atoms with E-state index in [1.54, 1.807) is 39.2 Å². The number of sulfonamides is 1. The summed E-state index contributed by atoms with van der Waals surface area (Å²) in [5.74, 6) is 0.145. The van der Waals surface area contributed by atoms with Gasteiger partial charge in [-0.05, 0) is 56.2 Å². The van der Waals surface area contributed by atoms with Crippen molar-refractivity contribution in [1.82, 2.24) is 10.2 Å². The number of hydrogen-bond donors (Lipinski definition) is 1. The molecule has 0 aromatic heterocycles. The first kappa shape index (κ1) is 28.7. The van der Waals surface area contributed by atoms with Gasteiger partial charge in [0.2, 0.25) is 21.8 Å². The van der Waals surface area contributed by atoms with E-state index in [9.17, 15) is 18.0 Å². The van der Waals surface area contributed by atoms with Gasteiger partial charge in [0.05, 0.1) is 24.1 Å². The molecular weight excluding hydrogens is 513 g/mol. The summed E-state index contributed by atoms with van der Waals surface area (Å²) in [5.41, 5.74) is 1.08. The summed E-state index contributed by atoms with van der Waals surface area (Å²) in [5, 5.41) is 3.32. The van der Waals surface area contributed by atoms with E-state index in [4.69, 9.17) is 27.9 Å². The van der Waals surface area contributed by atoms with Crippen LogP contribution < -0.4 is 14.4 Å². The first-order chi connectivity index (χ1) is 16.5. The molecule has 8 nitrogen and oxygen atoms in total. The standard InChI is InChI=1S/C24H31Cl2N3O5S/c1-5-27-24(31)17(2)28(16-18-8-11-20(34-3)12-9-18)23(30)7-6-14-29(35(4,32)33)22-15-19(25)10-13-21(22)26/h8-13,15,17H,5-7,14,16H2,1-4H3,(H,27,31). The molecule has 1 N–H and O–H groups in total. The summed E-state index contributed by atoms with van der Waals surface area (Å²) in [6.07, 6.45) is 1.32. The summed E-state index contributed by atoms with van der Waals surface area (Å²) in [7, 11) is -2.11. The Morgan fingerprint density at radius 1 is 1.11 bits per heavy atom. The lowest BCUT2D eigenvalue weighted by molar-refractivity contribution is -0.140. The molecule has 0 fully saturated rings. The molecule has 11 heteroatoms. The van der Waals surface area contributed by atoms with Gasteiger partial charge in [-0.1, -0.05) is 35.3 Å². The Morgan fingerprint density at radius 3 is 2.34 bits per heavy atom. The number of halogens is 2. The minimum Gasteiger partial charge on any atom is -0.497 e. The van der Waals surface area contributed by atoms with Crippen LogP contribution in [0.2, 0.25) is 10.0 Å². The van der Waals surface area contributed by atoms with Crippen LogP contribution in [0.4, 0.5) is 5.69 Å². The van der Waals surface area contributed by atoms with Gasteiger partial charge in [-0.25, -0.2) is 8.42 Å². The van der Waals surface area contributed by atoms with Crippen molar-refractivity contribution in [2.45, 2.75) is 39.3 Å². The summed E-state index contributed by atoms with van der Waals surface area (Å²) < 4.78 is 31.2. The zero-order chi connectivity index (χ0) is 26.2. The number of ether oxygens (including phenoxy) is 1. The number of likely N-dealkylation sites (N-methyl/N-ethyl adjacent to an activating group) is 1. The third-order valence-corrected chi connectivity index (χ3v) is 7.09. The van der Waals surface area contributed by atoms with Crippen LogP contribution in [0, 0.1) is 0 Å². The van der Waals surface area contributed by atoms with E-state index in [1.165, 1.54) is 17.0 Å². The number of benzene rings is 2. The first-order valence-corrected chi connectivity index (χ1v) is 13.7. The van der Waals surface area contributed by atoms with Crippen LogP contribution in [-0.2, 0) is 26.2 Å². The molecule has 0 heterocycles. The number of methoxy groups -OCH3 is 1. The number of rotatable bonds is 12. The molecule has 0 aliphatic carbocycles. The normalized spacial score (nSPS) is 12.1. The van der Waals surface area contributed by atoms with Crippen LogP contribution in [0.15, 0.2) is 42.5 Å². The second-order valence-corrected chi connectivity index (χ2v) is 10.7. The Kier molecular flexibility index (Phi) is 10.7. The highest BCUT2D eigenvalue weighted by molar-refractivity contribution is 7.92. The number of carbonyl (C=O) groups excluding carboxylic acids is 2. The fraction of sp³-hybridized carbons (Fsp3) is 0.417. The maximum Gasteiger partial charge on any atom is 0.242 e. The van der Waals surface area contributed by atoms with Crippen LogP contribution in [0.3, 0.4) is 0 Å². The van der Waals surface area contributed by atoms with Crippen molar-refractivity contribution in [3.8, 4) is 5.75 Å². The molecule has 2 aromatic rings. The third-order valence-electron chi connectivity index (χ3n) is 5.36. The molecule has 1 unspecified atom stereocenters. The van der Waals surface area contributed by atoms with Crippen molar-refractivity contribution in [1.29, 1.82) is 0 Å². The summed E-state index contributed by atoms with van der Waals surface area (Å²) in [4.78, 5) is 27.2. The van der Waals surface area contributed by atoms with E-state index >= 15 is 0 Å². The Bertz CT molecular complexity index is 1130. The van der Waals surface area contributed by atoms with Crippen LogP contribution in [-0.4, -0.2) is 57.6 Å². The maximum absolute atomic E-state index is 13.2. The minimum atomic E-state index is -3.68. The summed E-state index contributed by atoms with van der Waals surface area (Å²) in [6.45, 7) is 4.16. The van der Waals surface area contributed by atoms with E-state index in [0.29, 0.717) is 17.3 Å². The molecule has 0 saturated heterocycles. The van der Waals surface area contributed by atoms with Gasteiger partial charge in [0.15, 0.2) is 0 Å². The molecule has 0 aliphatic heterocycles. The van der Waals surface area contributed by atoms with E-state index in [2.05, 4.69) is 5.32 Å². The second kappa shape index (κ2) is 13.0. The van der Waals surface area contributed by atoms with Crippen molar-refractivity contribution in [3.63, 3.8) is 0 Å². The van der Waals surface area contributed by atoms with Crippen LogP contribution in [0.1, 0.15) is 32.3 Å². The number of amides is 2. The zero-order valence-corrected chi connectivity index (χ0v) is 22.6. The molecule has 0 bridgehead atoms. The SMILES string of the molecule is CCNC(=O)C(C)N(Cc1ccc(OC)cc1)C(=O)CCCN(c1cc(Cl)ccc1Cl)S(C)(=O)=O. The quantitative estimate of drug-likeness (QED) is 0.434. The molecule has 35 heavy (non-hydrogen) atoms. The molecular formula is C24H31Cl2N3O5S. The van der Waals surface area contributed by atoms with E-state index < -0.39 is 16.1 Å². The molecule has 2 amide bonds. The molecule has 0 aliphatic rings. The minimum absolute atomic E-state index is 0.0244. The average Bonchev–Trinajstić information content (AvgIpc) is 2.81. The predicted molar refractivity (Wildman–Crippen MR) is 140 cm³/mol. The van der Waals surface area contributed by atoms with Crippen molar-refractivity contribution < 1.29 is 22.7 Å². The number of anilines is 1. The Labute approximate surface area is 217 Å². The molecule has 192 valence electrons. The molecule has 2 rings (SSSR count). The van der Waals surface area contributed by atoms with Crippen molar-refractivity contribution >= 4 is 50.7 Å². The molecule has 1 atom stereocenters. The van der Waals surface area contributed by atoms with Crippen LogP contribution in [0.5, 0.6) is 5.75 Å². The van der Waals surface area contributed by atoms with Gasteiger partial charge in [-0.2, -0.15) is 0 Å². The van der Waals surface area contributed by atoms with Crippen molar-refractivity contribution in [2.24, 2.45) is 0 Å². The topological polar surface area (TPSA) is 96.0 Å². The lowest BCUT2D eigenvalue weighted by Crippen LogP contribution is -2.47. The van der Waals surface area contributed by atoms with E-state index in [1.807, 2.05) is 12.1 Å². The highest BCUT2D eigenvalue weighted by Crippen LogP contribution is 2.31. The largest absolute Gasteiger partial charge is 0.497 e. The fourth-order valence-corrected chi connectivity index (χ4v) is 4.90. The monoisotopic (exact) mass is 543 g/mol. The van der Waals surface area contributed by atoms with Gasteiger partial charge in [0.1, 0.15) is 11.8 Å². The first-order valence-electron chi connectivity index (χ1n) is 11.1. The van der Waals surface area contributed by atoms with Gasteiger partial charge in [-0.15, -0.1) is 0 Å². The zero-order valence-electron chi connectivity index (χ0n) is 20.3. The van der Waals surface area contributed by atoms with Crippen LogP contribution >= 0.6 is 23.2 Å². The lowest BCUT2D eigenvalue weighted by atomic mass is 10.1. The Morgan fingerprint density at radius 2 is 1.77 bits per heavy atom. The summed E-state index contributed by atoms with van der Waals surface area (Å²) >= 11 is 12.3. The number of nitrogens with one attached hydrogen (secondary N) is 1. The van der Waals surface area contributed by atoms with Crippen molar-refractivity contribution in [3.05, 3.63) is 58.1 Å². The van der Waals surface area contributed by atoms with Gasteiger partial charge in [0.25, 0.3) is 0 Å². The smallest absolute Gasteiger partial charge is 0.242 e. The number of carbonyl (C=O) groups is 2. The Hall–Kier alpha value is -2.49. The van der Waals surface area contributed by atoms with E-state index in [-0.39, 0.29) is 48.5 Å². The molecule has 0 saturated carbocycles.